The smallest absolute Gasteiger partial charge is 0.135 e. The maximum atomic E-state index is 13.4. The molecule has 2 N–H and O–H groups in total. The van der Waals surface area contributed by atoms with Gasteiger partial charge in [0.15, 0.2) is 0 Å². The second-order valence-corrected chi connectivity index (χ2v) is 3.56. The number of aliphatic hydroxyl groups is 2. The van der Waals surface area contributed by atoms with E-state index in [1.165, 1.54) is 7.11 Å². The van der Waals surface area contributed by atoms with Crippen LogP contribution in [0.4, 0.5) is 8.78 Å². The highest BCUT2D eigenvalue weighted by atomic mass is 32.1. The van der Waals surface area contributed by atoms with Crippen LogP contribution in [0.5, 0.6) is 5.75 Å². The number of benzene rings is 1. The molecule has 0 aliphatic heterocycles. The molecular weight excluding hydrogens is 238 g/mol. The van der Waals surface area contributed by atoms with Crippen molar-refractivity contribution in [3.8, 4) is 5.75 Å². The second-order valence-electron chi connectivity index (χ2n) is 3.20. The Bertz CT molecular complexity index is 350. The van der Waals surface area contributed by atoms with Gasteiger partial charge in [-0.2, -0.15) is 12.6 Å². The Hall–Kier alpha value is -0.850. The van der Waals surface area contributed by atoms with E-state index < -0.39 is 29.4 Å². The third-order valence-electron chi connectivity index (χ3n) is 2.14. The van der Waals surface area contributed by atoms with Gasteiger partial charge in [-0.3, -0.25) is 0 Å². The topological polar surface area (TPSA) is 49.7 Å². The number of hydrogen-bond donors (Lipinski definition) is 3. The third kappa shape index (κ3) is 2.63. The van der Waals surface area contributed by atoms with E-state index in [0.29, 0.717) is 0 Å². The summed E-state index contributed by atoms with van der Waals surface area (Å²) < 4.78 is 31.5. The van der Waals surface area contributed by atoms with Crippen molar-refractivity contribution in [2.45, 2.75) is 12.2 Å². The van der Waals surface area contributed by atoms with Gasteiger partial charge in [0.25, 0.3) is 0 Å². The van der Waals surface area contributed by atoms with Crippen LogP contribution in [0.15, 0.2) is 12.1 Å². The monoisotopic (exact) mass is 250 g/mol. The van der Waals surface area contributed by atoms with E-state index in [-0.39, 0.29) is 11.5 Å². The Morgan fingerprint density at radius 3 is 2.19 bits per heavy atom. The first-order valence-corrected chi connectivity index (χ1v) is 5.14. The summed E-state index contributed by atoms with van der Waals surface area (Å²) in [7, 11) is 1.27. The normalized spacial score (nSPS) is 14.6. The predicted molar refractivity (Wildman–Crippen MR) is 57.7 cm³/mol. The number of halogens is 2. The molecule has 0 heterocycles. The molecule has 1 aromatic rings. The maximum absolute atomic E-state index is 13.4. The van der Waals surface area contributed by atoms with Gasteiger partial charge in [0.2, 0.25) is 0 Å². The summed E-state index contributed by atoms with van der Waals surface area (Å²) in [5.41, 5.74) is -0.581. The molecule has 0 saturated carbocycles. The van der Waals surface area contributed by atoms with Gasteiger partial charge in [-0.15, -0.1) is 0 Å². The molecule has 1 rings (SSSR count). The van der Waals surface area contributed by atoms with Crippen molar-refractivity contribution in [1.29, 1.82) is 0 Å². The van der Waals surface area contributed by atoms with E-state index in [0.717, 1.165) is 12.1 Å². The minimum Gasteiger partial charge on any atom is -0.497 e. The Morgan fingerprint density at radius 1 is 1.31 bits per heavy atom. The fourth-order valence-corrected chi connectivity index (χ4v) is 1.45. The average molecular weight is 250 g/mol. The molecule has 0 bridgehead atoms. The first-order chi connectivity index (χ1) is 7.51. The van der Waals surface area contributed by atoms with Crippen LogP contribution in [-0.4, -0.2) is 29.2 Å². The van der Waals surface area contributed by atoms with E-state index >= 15 is 0 Å². The number of methoxy groups -OCH3 is 1. The molecule has 3 nitrogen and oxygen atoms in total. The first-order valence-electron chi connectivity index (χ1n) is 4.51. The predicted octanol–water partition coefficient (Wildman–Crippen LogP) is 1.30. The lowest BCUT2D eigenvalue weighted by molar-refractivity contribution is 0.0290. The van der Waals surface area contributed by atoms with Crippen LogP contribution in [0.25, 0.3) is 0 Å². The van der Waals surface area contributed by atoms with Crippen molar-refractivity contribution < 1.29 is 23.7 Å². The number of aliphatic hydroxyl groups excluding tert-OH is 2. The Kier molecular flexibility index (Phi) is 4.52. The highest BCUT2D eigenvalue weighted by molar-refractivity contribution is 7.80. The number of rotatable bonds is 4. The van der Waals surface area contributed by atoms with Gasteiger partial charge in [-0.25, -0.2) is 8.78 Å². The molecule has 0 amide bonds. The first kappa shape index (κ1) is 13.2. The summed E-state index contributed by atoms with van der Waals surface area (Å²) in [4.78, 5) is 0. The molecule has 2 unspecified atom stereocenters. The zero-order valence-corrected chi connectivity index (χ0v) is 9.42. The highest BCUT2D eigenvalue weighted by Crippen LogP contribution is 2.27. The van der Waals surface area contributed by atoms with E-state index in [9.17, 15) is 19.0 Å². The summed E-state index contributed by atoms with van der Waals surface area (Å²) in [6.07, 6.45) is -2.98. The highest BCUT2D eigenvalue weighted by Gasteiger charge is 2.24. The molecule has 0 aliphatic rings. The van der Waals surface area contributed by atoms with Crippen molar-refractivity contribution in [3.63, 3.8) is 0 Å². The molecule has 6 heteroatoms. The standard InChI is InChI=1S/C10H12F2O3S/c1-15-5-2-6(11)9(7(12)3-5)10(14)8(13)4-16/h2-3,8,10,13-14,16H,4H2,1H3. The molecular formula is C10H12F2O3S. The van der Waals surface area contributed by atoms with Gasteiger partial charge in [0, 0.05) is 17.9 Å². The van der Waals surface area contributed by atoms with Gasteiger partial charge in [-0.05, 0) is 0 Å². The molecule has 0 aromatic heterocycles. The van der Waals surface area contributed by atoms with Crippen LogP contribution in [-0.2, 0) is 0 Å². The summed E-state index contributed by atoms with van der Waals surface area (Å²) in [6.45, 7) is 0. The van der Waals surface area contributed by atoms with Crippen LogP contribution in [0.3, 0.4) is 0 Å². The Balaban J connectivity index is 3.14. The SMILES string of the molecule is COc1cc(F)c(C(O)C(O)CS)c(F)c1. The summed E-state index contributed by atoms with van der Waals surface area (Å²) in [5.74, 6) is -2.03. The van der Waals surface area contributed by atoms with Gasteiger partial charge in [0.05, 0.1) is 18.8 Å². The molecule has 16 heavy (non-hydrogen) atoms. The zero-order chi connectivity index (χ0) is 12.3. The van der Waals surface area contributed by atoms with Gasteiger partial charge >= 0.3 is 0 Å². The minimum atomic E-state index is -1.65. The van der Waals surface area contributed by atoms with Crippen LogP contribution >= 0.6 is 12.6 Å². The van der Waals surface area contributed by atoms with Crippen molar-refractivity contribution in [1.82, 2.24) is 0 Å². The van der Waals surface area contributed by atoms with Gasteiger partial charge < -0.3 is 14.9 Å². The Labute approximate surface area is 97.1 Å². The number of thiol groups is 1. The molecule has 0 aliphatic carbocycles. The minimum absolute atomic E-state index is 0.00585. The molecule has 0 spiro atoms. The quantitative estimate of drug-likeness (QED) is 0.706. The van der Waals surface area contributed by atoms with E-state index in [1.807, 2.05) is 0 Å². The van der Waals surface area contributed by atoms with Crippen LogP contribution in [0.2, 0.25) is 0 Å². The number of hydrogen-bond acceptors (Lipinski definition) is 4. The molecule has 0 fully saturated rings. The molecule has 2 atom stereocenters. The van der Waals surface area contributed by atoms with Crippen molar-refractivity contribution in [2.75, 3.05) is 12.9 Å². The maximum Gasteiger partial charge on any atom is 0.135 e. The van der Waals surface area contributed by atoms with Crippen LogP contribution in [0.1, 0.15) is 11.7 Å². The summed E-state index contributed by atoms with van der Waals surface area (Å²) >= 11 is 3.73. The second kappa shape index (κ2) is 5.47. The fourth-order valence-electron chi connectivity index (χ4n) is 1.25. The van der Waals surface area contributed by atoms with Crippen molar-refractivity contribution >= 4 is 12.6 Å². The van der Waals surface area contributed by atoms with E-state index in [1.54, 1.807) is 0 Å². The van der Waals surface area contributed by atoms with Crippen molar-refractivity contribution in [2.24, 2.45) is 0 Å². The largest absolute Gasteiger partial charge is 0.497 e. The molecule has 0 saturated heterocycles. The molecule has 90 valence electrons. The lowest BCUT2D eigenvalue weighted by Gasteiger charge is -2.17. The summed E-state index contributed by atoms with van der Waals surface area (Å²) in [6, 6.07) is 1.87. The lowest BCUT2D eigenvalue weighted by atomic mass is 10.0. The Morgan fingerprint density at radius 2 is 1.81 bits per heavy atom. The fraction of sp³-hybridized carbons (Fsp3) is 0.400. The molecule has 0 radical (unpaired) electrons. The third-order valence-corrected chi connectivity index (χ3v) is 2.51. The van der Waals surface area contributed by atoms with Crippen molar-refractivity contribution in [3.05, 3.63) is 29.3 Å². The lowest BCUT2D eigenvalue weighted by Crippen LogP contribution is -2.22. The zero-order valence-electron chi connectivity index (χ0n) is 8.52. The van der Waals surface area contributed by atoms with E-state index in [4.69, 9.17) is 0 Å². The number of ether oxygens (including phenoxy) is 1. The molecule has 1 aromatic carbocycles. The van der Waals surface area contributed by atoms with Crippen LogP contribution in [0, 0.1) is 11.6 Å². The summed E-state index contributed by atoms with van der Waals surface area (Å²) in [5, 5.41) is 18.8. The average Bonchev–Trinajstić information content (AvgIpc) is 2.26. The van der Waals surface area contributed by atoms with Gasteiger partial charge in [-0.1, -0.05) is 0 Å². The van der Waals surface area contributed by atoms with Gasteiger partial charge in [0.1, 0.15) is 23.5 Å². The van der Waals surface area contributed by atoms with E-state index in [2.05, 4.69) is 17.4 Å². The van der Waals surface area contributed by atoms with Crippen LogP contribution < -0.4 is 4.74 Å².